The fraction of sp³-hybridized carbons (Fsp3) is 0.727. The van der Waals surface area contributed by atoms with Crippen molar-refractivity contribution in [3.8, 4) is 5.75 Å². The van der Waals surface area contributed by atoms with Crippen molar-refractivity contribution >= 4 is 0 Å². The minimum Gasteiger partial charge on any atom is -0.494 e. The zero-order valence-electron chi connectivity index (χ0n) is 16.8. The molecule has 1 atom stereocenters. The van der Waals surface area contributed by atoms with Gasteiger partial charge in [0, 0.05) is 25.7 Å². The van der Waals surface area contributed by atoms with Gasteiger partial charge in [0.2, 0.25) is 0 Å². The Balaban J connectivity index is 1.48. The molecule has 0 radical (unpaired) electrons. The summed E-state index contributed by atoms with van der Waals surface area (Å²) in [5, 5.41) is 3.74. The summed E-state index contributed by atoms with van der Waals surface area (Å²) in [6.07, 6.45) is 8.99. The zero-order chi connectivity index (χ0) is 18.2. The molecule has 1 N–H and O–H groups in total. The van der Waals surface area contributed by atoms with Gasteiger partial charge in [-0.05, 0) is 89.0 Å². The Labute approximate surface area is 159 Å². The van der Waals surface area contributed by atoms with Crippen molar-refractivity contribution in [1.82, 2.24) is 15.1 Å². The van der Waals surface area contributed by atoms with Crippen molar-refractivity contribution in [3.63, 3.8) is 0 Å². The molecule has 1 aliphatic heterocycles. The lowest BCUT2D eigenvalue weighted by Crippen LogP contribution is -2.31. The monoisotopic (exact) mass is 359 g/mol. The Morgan fingerprint density at radius 2 is 2.00 bits per heavy atom. The number of rotatable bonds is 9. The van der Waals surface area contributed by atoms with E-state index in [0.717, 1.165) is 31.9 Å². The first kappa shape index (κ1) is 19.7. The zero-order valence-corrected chi connectivity index (χ0v) is 16.8. The number of likely N-dealkylation sites (N-methyl/N-ethyl adjacent to an activating group) is 1. The minimum absolute atomic E-state index is 0.482. The summed E-state index contributed by atoms with van der Waals surface area (Å²) in [6.45, 7) is 6.68. The van der Waals surface area contributed by atoms with Crippen LogP contribution in [0.1, 0.15) is 55.7 Å². The van der Waals surface area contributed by atoms with Crippen molar-refractivity contribution in [2.24, 2.45) is 0 Å². The van der Waals surface area contributed by atoms with E-state index in [9.17, 15) is 0 Å². The lowest BCUT2D eigenvalue weighted by molar-refractivity contribution is 0.205. The van der Waals surface area contributed by atoms with E-state index in [-0.39, 0.29) is 0 Å². The van der Waals surface area contributed by atoms with E-state index in [0.29, 0.717) is 6.04 Å². The van der Waals surface area contributed by atoms with Gasteiger partial charge in [-0.25, -0.2) is 0 Å². The van der Waals surface area contributed by atoms with Crippen LogP contribution in [0.25, 0.3) is 0 Å². The summed E-state index contributed by atoms with van der Waals surface area (Å²) in [5.74, 6) is 1.05. The maximum atomic E-state index is 6.09. The average molecular weight is 360 g/mol. The predicted octanol–water partition coefficient (Wildman–Crippen LogP) is 3.47. The first-order chi connectivity index (χ1) is 12.7. The van der Waals surface area contributed by atoms with E-state index in [4.69, 9.17) is 4.74 Å². The first-order valence-electron chi connectivity index (χ1n) is 10.6. The molecule has 2 aliphatic rings. The quantitative estimate of drug-likeness (QED) is 0.683. The smallest absolute Gasteiger partial charge is 0.119 e. The summed E-state index contributed by atoms with van der Waals surface area (Å²) in [6, 6.07) is 7.23. The van der Waals surface area contributed by atoms with Gasteiger partial charge in [-0.15, -0.1) is 0 Å². The maximum absolute atomic E-state index is 6.09. The second-order valence-electron chi connectivity index (χ2n) is 8.17. The number of ether oxygens (including phenoxy) is 1. The van der Waals surface area contributed by atoms with Crippen LogP contribution in [0.15, 0.2) is 18.2 Å². The van der Waals surface area contributed by atoms with Crippen molar-refractivity contribution in [3.05, 3.63) is 29.3 Å². The van der Waals surface area contributed by atoms with Gasteiger partial charge in [0.15, 0.2) is 0 Å². The van der Waals surface area contributed by atoms with Crippen molar-refractivity contribution < 1.29 is 4.74 Å². The highest BCUT2D eigenvalue weighted by atomic mass is 16.5. The van der Waals surface area contributed by atoms with Crippen molar-refractivity contribution in [2.45, 2.75) is 51.0 Å². The summed E-state index contributed by atoms with van der Waals surface area (Å²) in [5.41, 5.74) is 2.96. The highest BCUT2D eigenvalue weighted by Crippen LogP contribution is 2.32. The topological polar surface area (TPSA) is 27.7 Å². The molecule has 0 spiro atoms. The number of piperidine rings is 1. The number of nitrogens with one attached hydrogen (secondary N) is 1. The highest BCUT2D eigenvalue weighted by Gasteiger charge is 2.20. The van der Waals surface area contributed by atoms with Gasteiger partial charge in [0.05, 0.1) is 6.61 Å². The highest BCUT2D eigenvalue weighted by molar-refractivity contribution is 5.39. The second-order valence-corrected chi connectivity index (χ2v) is 8.17. The molecule has 1 aliphatic carbocycles. The molecule has 4 nitrogen and oxygen atoms in total. The minimum atomic E-state index is 0.482. The van der Waals surface area contributed by atoms with Gasteiger partial charge >= 0.3 is 0 Å². The number of likely N-dealkylation sites (tertiary alicyclic amines) is 1. The molecule has 0 aromatic heterocycles. The Morgan fingerprint density at radius 3 is 2.81 bits per heavy atom. The Kier molecular flexibility index (Phi) is 7.78. The lowest BCUT2D eigenvalue weighted by Gasteiger charge is -2.28. The molecule has 0 unspecified atom stereocenters. The predicted molar refractivity (Wildman–Crippen MR) is 109 cm³/mol. The fourth-order valence-electron chi connectivity index (χ4n) is 4.20. The normalized spacial score (nSPS) is 21.0. The van der Waals surface area contributed by atoms with Crippen LogP contribution in [0.2, 0.25) is 0 Å². The van der Waals surface area contributed by atoms with E-state index in [1.807, 2.05) is 0 Å². The second kappa shape index (κ2) is 10.3. The summed E-state index contributed by atoms with van der Waals surface area (Å²) >= 11 is 0. The molecule has 3 rings (SSSR count). The van der Waals surface area contributed by atoms with E-state index in [1.165, 1.54) is 69.3 Å². The number of hydrogen-bond donors (Lipinski definition) is 1. The molecule has 26 heavy (non-hydrogen) atoms. The molecule has 0 amide bonds. The maximum Gasteiger partial charge on any atom is 0.119 e. The lowest BCUT2D eigenvalue weighted by atomic mass is 9.87. The Bertz CT molecular complexity index is 540. The average Bonchev–Trinajstić information content (AvgIpc) is 2.66. The molecule has 1 fully saturated rings. The third kappa shape index (κ3) is 5.97. The Hall–Kier alpha value is -1.10. The molecule has 1 heterocycles. The number of fused-ring (bicyclic) bond motifs is 1. The van der Waals surface area contributed by atoms with Crippen molar-refractivity contribution in [1.29, 1.82) is 0 Å². The molecule has 1 aromatic carbocycles. The van der Waals surface area contributed by atoms with Crippen molar-refractivity contribution in [2.75, 3.05) is 53.4 Å². The molecule has 1 saturated heterocycles. The third-order valence-electron chi connectivity index (χ3n) is 5.72. The van der Waals surface area contributed by atoms with Crippen LogP contribution >= 0.6 is 0 Å². The first-order valence-corrected chi connectivity index (χ1v) is 10.6. The van der Waals surface area contributed by atoms with E-state index >= 15 is 0 Å². The molecule has 4 heteroatoms. The third-order valence-corrected chi connectivity index (χ3v) is 5.72. The van der Waals surface area contributed by atoms with E-state index in [2.05, 4.69) is 47.4 Å². The van der Waals surface area contributed by atoms with Crippen LogP contribution in [0.3, 0.4) is 0 Å². The van der Waals surface area contributed by atoms with Gasteiger partial charge in [0.25, 0.3) is 0 Å². The molecule has 0 bridgehead atoms. The summed E-state index contributed by atoms with van der Waals surface area (Å²) in [7, 11) is 4.26. The molecule has 1 aromatic rings. The molecular formula is C22H37N3O. The van der Waals surface area contributed by atoms with Crippen LogP contribution < -0.4 is 10.1 Å². The van der Waals surface area contributed by atoms with Crippen LogP contribution in [-0.4, -0.2) is 63.2 Å². The van der Waals surface area contributed by atoms with Crippen LogP contribution in [0.5, 0.6) is 5.75 Å². The van der Waals surface area contributed by atoms with Gasteiger partial charge in [-0.2, -0.15) is 0 Å². The molecule has 146 valence electrons. The van der Waals surface area contributed by atoms with Crippen LogP contribution in [0.4, 0.5) is 0 Å². The number of nitrogens with zero attached hydrogens (tertiary/aromatic N) is 2. The van der Waals surface area contributed by atoms with Crippen LogP contribution in [0, 0.1) is 0 Å². The Morgan fingerprint density at radius 1 is 1.15 bits per heavy atom. The van der Waals surface area contributed by atoms with Gasteiger partial charge < -0.3 is 19.9 Å². The van der Waals surface area contributed by atoms with E-state index < -0.39 is 0 Å². The van der Waals surface area contributed by atoms with Gasteiger partial charge in [0.1, 0.15) is 5.75 Å². The summed E-state index contributed by atoms with van der Waals surface area (Å²) in [4.78, 5) is 4.82. The number of aryl methyl sites for hydroxylation is 1. The van der Waals surface area contributed by atoms with Crippen LogP contribution in [-0.2, 0) is 6.42 Å². The van der Waals surface area contributed by atoms with Gasteiger partial charge in [-0.1, -0.05) is 12.5 Å². The fourth-order valence-corrected chi connectivity index (χ4v) is 4.20. The molecular weight excluding hydrogens is 322 g/mol. The number of benzene rings is 1. The number of hydrogen-bond acceptors (Lipinski definition) is 4. The standard InChI is InChI=1S/C22H37N3O/c1-24(2)16-12-23-22-9-6-8-19-10-11-20(18-21(19)22)26-17-7-15-25-13-4-3-5-14-25/h10-11,18,22-23H,3-9,12-17H2,1-2H3/t22-/m0/s1. The SMILES string of the molecule is CN(C)CCN[C@H]1CCCc2ccc(OCCCN3CCCCC3)cc21. The molecule has 0 saturated carbocycles. The summed E-state index contributed by atoms with van der Waals surface area (Å²) < 4.78 is 6.09. The van der Waals surface area contributed by atoms with E-state index in [1.54, 1.807) is 0 Å². The van der Waals surface area contributed by atoms with Gasteiger partial charge in [-0.3, -0.25) is 0 Å². The largest absolute Gasteiger partial charge is 0.494 e.